The van der Waals surface area contributed by atoms with E-state index in [9.17, 15) is 14.4 Å². The van der Waals surface area contributed by atoms with Crippen LogP contribution in [-0.2, 0) is 16.2 Å². The number of imide groups is 1. The molecule has 1 aliphatic rings. The lowest BCUT2D eigenvalue weighted by molar-refractivity contribution is -0.140. The summed E-state index contributed by atoms with van der Waals surface area (Å²) in [6, 6.07) is 14.4. The molecule has 0 bridgehead atoms. The van der Waals surface area contributed by atoms with E-state index in [2.05, 4.69) is 0 Å². The number of carboxylic acid groups (broad SMARTS) is 1. The van der Waals surface area contributed by atoms with Gasteiger partial charge < -0.3 is 9.84 Å². The van der Waals surface area contributed by atoms with Gasteiger partial charge in [0.2, 0.25) is 0 Å². The van der Waals surface area contributed by atoms with Crippen LogP contribution in [0.1, 0.15) is 11.1 Å². The van der Waals surface area contributed by atoms with Crippen molar-refractivity contribution in [1.29, 1.82) is 0 Å². The zero-order chi connectivity index (χ0) is 19.4. The molecule has 8 heteroatoms. The molecule has 0 unspecified atom stereocenters. The second kappa shape index (κ2) is 8.28. The Morgan fingerprint density at radius 1 is 1.11 bits per heavy atom. The maximum Gasteiger partial charge on any atom is 0.323 e. The minimum atomic E-state index is -1.24. The van der Waals surface area contributed by atoms with Crippen molar-refractivity contribution in [2.45, 2.75) is 6.61 Å². The van der Waals surface area contributed by atoms with E-state index < -0.39 is 23.7 Å². The van der Waals surface area contributed by atoms with Gasteiger partial charge >= 0.3 is 5.97 Å². The highest BCUT2D eigenvalue weighted by molar-refractivity contribution is 8.18. The van der Waals surface area contributed by atoms with Crippen LogP contribution in [0.2, 0.25) is 5.02 Å². The number of carboxylic acids is 1. The first kappa shape index (κ1) is 19.0. The van der Waals surface area contributed by atoms with E-state index in [1.165, 1.54) is 0 Å². The normalized spacial score (nSPS) is 15.4. The van der Waals surface area contributed by atoms with Gasteiger partial charge in [-0.2, -0.15) is 0 Å². The highest BCUT2D eigenvalue weighted by Crippen LogP contribution is 2.32. The van der Waals surface area contributed by atoms with E-state index in [1.54, 1.807) is 42.5 Å². The van der Waals surface area contributed by atoms with Crippen LogP contribution in [0.4, 0.5) is 4.79 Å². The average molecular weight is 404 g/mol. The first-order chi connectivity index (χ1) is 12.9. The Kier molecular flexibility index (Phi) is 5.83. The predicted octanol–water partition coefficient (Wildman–Crippen LogP) is 4.04. The molecule has 6 nitrogen and oxygen atoms in total. The fraction of sp³-hybridized carbons (Fsp3) is 0.105. The summed E-state index contributed by atoms with van der Waals surface area (Å²) in [6.45, 7) is -0.246. The molecular weight excluding hydrogens is 390 g/mol. The number of aliphatic carboxylic acids is 1. The number of carbonyl (C=O) groups is 3. The van der Waals surface area contributed by atoms with Gasteiger partial charge in [0, 0.05) is 5.02 Å². The average Bonchev–Trinajstić information content (AvgIpc) is 2.89. The van der Waals surface area contributed by atoms with Crippen LogP contribution in [0, 0.1) is 0 Å². The first-order valence-corrected chi connectivity index (χ1v) is 9.06. The zero-order valence-corrected chi connectivity index (χ0v) is 15.5. The molecule has 2 aromatic carbocycles. The van der Waals surface area contributed by atoms with Crippen LogP contribution in [0.5, 0.6) is 5.75 Å². The van der Waals surface area contributed by atoms with Crippen LogP contribution < -0.4 is 4.74 Å². The summed E-state index contributed by atoms with van der Waals surface area (Å²) in [5.74, 6) is -1.18. The van der Waals surface area contributed by atoms with E-state index in [0.29, 0.717) is 27.8 Å². The topological polar surface area (TPSA) is 83.9 Å². The number of hydrogen-bond acceptors (Lipinski definition) is 5. The lowest BCUT2D eigenvalue weighted by Gasteiger charge is -2.08. The van der Waals surface area contributed by atoms with Crippen LogP contribution >= 0.6 is 23.4 Å². The maximum absolute atomic E-state index is 12.1. The van der Waals surface area contributed by atoms with E-state index in [1.807, 2.05) is 12.1 Å². The number of ether oxygens (including phenoxy) is 1. The van der Waals surface area contributed by atoms with E-state index in [-0.39, 0.29) is 4.91 Å². The summed E-state index contributed by atoms with van der Waals surface area (Å²) in [4.78, 5) is 35.5. The number of amides is 2. The number of nitrogens with zero attached hydrogens (tertiary/aromatic N) is 1. The highest BCUT2D eigenvalue weighted by Gasteiger charge is 2.36. The van der Waals surface area contributed by atoms with Crippen molar-refractivity contribution in [3.63, 3.8) is 0 Å². The van der Waals surface area contributed by atoms with Gasteiger partial charge in [-0.1, -0.05) is 35.9 Å². The molecule has 2 aromatic rings. The van der Waals surface area contributed by atoms with Gasteiger partial charge in [0.25, 0.3) is 11.1 Å². The Morgan fingerprint density at radius 2 is 1.78 bits per heavy atom. The Hall–Kier alpha value is -2.77. The molecule has 138 valence electrons. The third-order valence-corrected chi connectivity index (χ3v) is 4.82. The standard InChI is InChI=1S/C19H14ClNO5S/c20-14-5-1-13(2-6-14)11-26-15-7-3-12(4-8-15)9-16-18(24)21(10-17(22)23)19(25)27-16/h1-9H,10-11H2,(H,22,23)/b16-9+. The van der Waals surface area contributed by atoms with Crippen molar-refractivity contribution in [2.75, 3.05) is 6.54 Å². The molecule has 0 spiro atoms. The number of carbonyl (C=O) groups excluding carboxylic acids is 2. The van der Waals surface area contributed by atoms with Crippen molar-refractivity contribution in [3.05, 3.63) is 69.6 Å². The smallest absolute Gasteiger partial charge is 0.323 e. The number of thioether (sulfide) groups is 1. The van der Waals surface area contributed by atoms with Crippen LogP contribution in [0.3, 0.4) is 0 Å². The van der Waals surface area contributed by atoms with E-state index in [0.717, 1.165) is 17.3 Å². The van der Waals surface area contributed by atoms with Gasteiger partial charge in [0.1, 0.15) is 18.9 Å². The Labute approximate surface area is 164 Å². The number of hydrogen-bond donors (Lipinski definition) is 1. The van der Waals surface area contributed by atoms with Gasteiger partial charge in [-0.25, -0.2) is 0 Å². The Bertz CT molecular complexity index is 909. The molecule has 3 rings (SSSR count). The third kappa shape index (κ3) is 4.90. The Morgan fingerprint density at radius 3 is 2.41 bits per heavy atom. The molecule has 0 radical (unpaired) electrons. The molecule has 1 aliphatic heterocycles. The molecule has 1 fully saturated rings. The summed E-state index contributed by atoms with van der Waals surface area (Å²) in [7, 11) is 0. The fourth-order valence-corrected chi connectivity index (χ4v) is 3.29. The lowest BCUT2D eigenvalue weighted by Crippen LogP contribution is -2.33. The van der Waals surface area contributed by atoms with Gasteiger partial charge in [-0.05, 0) is 53.2 Å². The van der Waals surface area contributed by atoms with Gasteiger partial charge in [0.15, 0.2) is 0 Å². The summed E-state index contributed by atoms with van der Waals surface area (Å²) >= 11 is 6.57. The Balaban J connectivity index is 1.64. The molecule has 0 aromatic heterocycles. The number of rotatable bonds is 6. The summed E-state index contributed by atoms with van der Waals surface area (Å²) in [6.07, 6.45) is 1.55. The zero-order valence-electron chi connectivity index (χ0n) is 13.9. The van der Waals surface area contributed by atoms with Crippen LogP contribution in [-0.4, -0.2) is 33.7 Å². The molecular formula is C19H14ClNO5S. The molecule has 27 heavy (non-hydrogen) atoms. The molecule has 0 aliphatic carbocycles. The van der Waals surface area contributed by atoms with Gasteiger partial charge in [0.05, 0.1) is 4.91 Å². The second-order valence-corrected chi connectivity index (χ2v) is 7.08. The van der Waals surface area contributed by atoms with Crippen molar-refractivity contribution in [1.82, 2.24) is 4.90 Å². The largest absolute Gasteiger partial charge is 0.489 e. The summed E-state index contributed by atoms with van der Waals surface area (Å²) < 4.78 is 5.69. The predicted molar refractivity (Wildman–Crippen MR) is 103 cm³/mol. The first-order valence-electron chi connectivity index (χ1n) is 7.87. The van der Waals surface area contributed by atoms with Crippen LogP contribution in [0.25, 0.3) is 6.08 Å². The number of benzene rings is 2. The van der Waals surface area contributed by atoms with E-state index in [4.69, 9.17) is 21.4 Å². The summed E-state index contributed by atoms with van der Waals surface area (Å²) in [5, 5.41) is 8.84. The molecule has 2 amide bonds. The highest BCUT2D eigenvalue weighted by atomic mass is 35.5. The minimum absolute atomic E-state index is 0.191. The van der Waals surface area contributed by atoms with Crippen molar-refractivity contribution in [3.8, 4) is 5.75 Å². The molecule has 1 saturated heterocycles. The van der Waals surface area contributed by atoms with Crippen molar-refractivity contribution < 1.29 is 24.2 Å². The second-order valence-electron chi connectivity index (χ2n) is 5.65. The third-order valence-electron chi connectivity index (χ3n) is 3.66. The maximum atomic E-state index is 12.1. The quantitative estimate of drug-likeness (QED) is 0.733. The fourth-order valence-electron chi connectivity index (χ4n) is 2.33. The molecule has 0 atom stereocenters. The lowest BCUT2D eigenvalue weighted by atomic mass is 10.2. The monoisotopic (exact) mass is 403 g/mol. The molecule has 0 saturated carbocycles. The van der Waals surface area contributed by atoms with Crippen molar-refractivity contribution in [2.24, 2.45) is 0 Å². The summed E-state index contributed by atoms with van der Waals surface area (Å²) in [5.41, 5.74) is 1.69. The van der Waals surface area contributed by atoms with Gasteiger partial charge in [-0.15, -0.1) is 0 Å². The minimum Gasteiger partial charge on any atom is -0.489 e. The molecule has 1 N–H and O–H groups in total. The SMILES string of the molecule is O=C(O)CN1C(=O)S/C(=C/c2ccc(OCc3ccc(Cl)cc3)cc2)C1=O. The van der Waals surface area contributed by atoms with Gasteiger partial charge in [-0.3, -0.25) is 19.3 Å². The molecule has 1 heterocycles. The van der Waals surface area contributed by atoms with Crippen molar-refractivity contribution >= 4 is 46.6 Å². The van der Waals surface area contributed by atoms with E-state index >= 15 is 0 Å². The van der Waals surface area contributed by atoms with Crippen LogP contribution in [0.15, 0.2) is 53.4 Å². The number of halogens is 1.